The highest BCUT2D eigenvalue weighted by atomic mass is 19.1. The van der Waals surface area contributed by atoms with Crippen molar-refractivity contribution >= 4 is 5.78 Å². The molecule has 0 saturated carbocycles. The number of hydrogen-bond donors (Lipinski definition) is 1. The Labute approximate surface area is 69.6 Å². The van der Waals surface area contributed by atoms with Gasteiger partial charge in [-0.2, -0.15) is 0 Å². The van der Waals surface area contributed by atoms with E-state index >= 15 is 0 Å². The van der Waals surface area contributed by atoms with Crippen LogP contribution in [0.25, 0.3) is 0 Å². The first-order chi connectivity index (χ1) is 5.65. The van der Waals surface area contributed by atoms with Gasteiger partial charge in [0.05, 0.1) is 5.56 Å². The Balaban J connectivity index is 3.09. The average Bonchev–Trinajstić information content (AvgIpc) is 2.03. The summed E-state index contributed by atoms with van der Waals surface area (Å²) >= 11 is 0. The number of benzene rings is 1. The van der Waals surface area contributed by atoms with Crippen LogP contribution in [-0.2, 0) is 0 Å². The smallest absolute Gasteiger partial charge is 0.165 e. The summed E-state index contributed by atoms with van der Waals surface area (Å²) in [4.78, 5) is 11.0. The minimum atomic E-state index is -0.665. The van der Waals surface area contributed by atoms with Gasteiger partial charge < -0.3 is 5.11 Å². The van der Waals surface area contributed by atoms with E-state index in [1.165, 1.54) is 12.1 Å². The van der Waals surface area contributed by atoms with Crippen LogP contribution in [-0.4, -0.2) is 10.9 Å². The summed E-state index contributed by atoms with van der Waals surface area (Å²) in [5.74, 6) is -1.09. The number of phenols is 1. The molecule has 0 aromatic heterocycles. The highest BCUT2D eigenvalue weighted by Crippen LogP contribution is 2.16. The van der Waals surface area contributed by atoms with Crippen LogP contribution in [0.5, 0.6) is 5.75 Å². The van der Waals surface area contributed by atoms with Gasteiger partial charge in [0.1, 0.15) is 11.6 Å². The van der Waals surface area contributed by atoms with Gasteiger partial charge in [0.15, 0.2) is 5.78 Å². The van der Waals surface area contributed by atoms with E-state index in [1.54, 1.807) is 6.92 Å². The van der Waals surface area contributed by atoms with Crippen LogP contribution in [0, 0.1) is 5.82 Å². The predicted octanol–water partition coefficient (Wildman–Crippen LogP) is 2.12. The average molecular weight is 168 g/mol. The minimum Gasteiger partial charge on any atom is -0.508 e. The van der Waals surface area contributed by atoms with Gasteiger partial charge >= 0.3 is 0 Å². The van der Waals surface area contributed by atoms with Crippen LogP contribution >= 0.6 is 0 Å². The lowest BCUT2D eigenvalue weighted by molar-refractivity contribution is 0.0984. The molecule has 12 heavy (non-hydrogen) atoms. The van der Waals surface area contributed by atoms with Crippen LogP contribution in [0.15, 0.2) is 18.2 Å². The molecule has 0 aliphatic carbocycles. The van der Waals surface area contributed by atoms with Crippen molar-refractivity contribution < 1.29 is 14.3 Å². The number of Topliss-reactive ketones (excluding diaryl/α,β-unsaturated/α-hetero) is 1. The van der Waals surface area contributed by atoms with Crippen LogP contribution in [0.2, 0.25) is 0 Å². The molecular weight excluding hydrogens is 159 g/mol. The normalized spacial score (nSPS) is 9.83. The molecule has 3 heteroatoms. The van der Waals surface area contributed by atoms with E-state index in [-0.39, 0.29) is 23.5 Å². The van der Waals surface area contributed by atoms with Crippen molar-refractivity contribution in [2.24, 2.45) is 0 Å². The van der Waals surface area contributed by atoms with Crippen molar-refractivity contribution in [3.8, 4) is 5.75 Å². The van der Waals surface area contributed by atoms with E-state index in [0.717, 1.165) is 6.07 Å². The van der Waals surface area contributed by atoms with Crippen molar-refractivity contribution in [2.75, 3.05) is 0 Å². The van der Waals surface area contributed by atoms with Gasteiger partial charge in [-0.3, -0.25) is 4.79 Å². The first-order valence-corrected chi connectivity index (χ1v) is 3.67. The second kappa shape index (κ2) is 3.34. The molecule has 0 spiro atoms. The first-order valence-electron chi connectivity index (χ1n) is 3.67. The van der Waals surface area contributed by atoms with E-state index in [4.69, 9.17) is 5.11 Å². The zero-order valence-electron chi connectivity index (χ0n) is 6.67. The van der Waals surface area contributed by atoms with Gasteiger partial charge in [0.2, 0.25) is 0 Å². The molecule has 0 bridgehead atoms. The summed E-state index contributed by atoms with van der Waals surface area (Å²) < 4.78 is 12.9. The quantitative estimate of drug-likeness (QED) is 0.687. The van der Waals surface area contributed by atoms with Crippen molar-refractivity contribution in [3.63, 3.8) is 0 Å². The van der Waals surface area contributed by atoms with Crippen LogP contribution < -0.4 is 0 Å². The zero-order valence-corrected chi connectivity index (χ0v) is 6.67. The lowest BCUT2D eigenvalue weighted by Crippen LogP contribution is -1.99. The molecule has 1 rings (SSSR count). The number of halogens is 1. The van der Waals surface area contributed by atoms with Crippen molar-refractivity contribution in [1.29, 1.82) is 0 Å². The second-order valence-corrected chi connectivity index (χ2v) is 2.44. The molecule has 1 N–H and O–H groups in total. The Bertz CT molecular complexity index is 307. The molecule has 0 fully saturated rings. The minimum absolute atomic E-state index is 0.0373. The molecular formula is C9H9FO2. The van der Waals surface area contributed by atoms with Gasteiger partial charge in [0.25, 0.3) is 0 Å². The molecule has 0 atom stereocenters. The number of carbonyl (C=O) groups excluding carboxylic acids is 1. The molecule has 2 nitrogen and oxygen atoms in total. The first kappa shape index (κ1) is 8.71. The largest absolute Gasteiger partial charge is 0.508 e. The Morgan fingerprint density at radius 2 is 2.25 bits per heavy atom. The molecule has 1 aromatic rings. The zero-order chi connectivity index (χ0) is 9.14. The van der Waals surface area contributed by atoms with Crippen LogP contribution in [0.4, 0.5) is 4.39 Å². The standard InChI is InChI=1S/C9H9FO2/c1-2-9(12)7-4-3-6(11)5-8(7)10/h3-5,11H,2H2,1H3. The van der Waals surface area contributed by atoms with E-state index in [0.29, 0.717) is 0 Å². The van der Waals surface area contributed by atoms with Crippen LogP contribution in [0.3, 0.4) is 0 Å². The Kier molecular flexibility index (Phi) is 2.43. The van der Waals surface area contributed by atoms with Gasteiger partial charge in [0, 0.05) is 12.5 Å². The van der Waals surface area contributed by atoms with Crippen molar-refractivity contribution in [3.05, 3.63) is 29.6 Å². The molecule has 0 aliphatic heterocycles. The van der Waals surface area contributed by atoms with E-state index in [1.807, 2.05) is 0 Å². The van der Waals surface area contributed by atoms with E-state index in [9.17, 15) is 9.18 Å². The molecule has 0 heterocycles. The lowest BCUT2D eigenvalue weighted by Gasteiger charge is -1.99. The summed E-state index contributed by atoms with van der Waals surface area (Å²) in [6.45, 7) is 1.66. The summed E-state index contributed by atoms with van der Waals surface area (Å²) in [7, 11) is 0. The summed E-state index contributed by atoms with van der Waals surface area (Å²) in [5, 5.41) is 8.84. The van der Waals surface area contributed by atoms with Gasteiger partial charge in [-0.1, -0.05) is 6.92 Å². The van der Waals surface area contributed by atoms with Gasteiger partial charge in [-0.25, -0.2) is 4.39 Å². The van der Waals surface area contributed by atoms with Gasteiger partial charge in [-0.15, -0.1) is 0 Å². The fourth-order valence-corrected chi connectivity index (χ4v) is 0.921. The fourth-order valence-electron chi connectivity index (χ4n) is 0.921. The maximum absolute atomic E-state index is 12.9. The Morgan fingerprint density at radius 1 is 1.58 bits per heavy atom. The Hall–Kier alpha value is -1.38. The number of ketones is 1. The highest BCUT2D eigenvalue weighted by molar-refractivity contribution is 5.96. The summed E-state index contributed by atoms with van der Waals surface area (Å²) in [6.07, 6.45) is 0.266. The molecule has 64 valence electrons. The summed E-state index contributed by atoms with van der Waals surface area (Å²) in [5.41, 5.74) is 0.0373. The molecule has 0 saturated heterocycles. The number of aromatic hydroxyl groups is 1. The highest BCUT2D eigenvalue weighted by Gasteiger charge is 2.09. The summed E-state index contributed by atoms with van der Waals surface area (Å²) in [6, 6.07) is 3.52. The maximum Gasteiger partial charge on any atom is 0.165 e. The lowest BCUT2D eigenvalue weighted by atomic mass is 10.1. The topological polar surface area (TPSA) is 37.3 Å². The maximum atomic E-state index is 12.9. The molecule has 0 unspecified atom stereocenters. The Morgan fingerprint density at radius 3 is 2.75 bits per heavy atom. The molecule has 0 aliphatic rings. The molecule has 0 amide bonds. The fraction of sp³-hybridized carbons (Fsp3) is 0.222. The van der Waals surface area contributed by atoms with E-state index < -0.39 is 5.82 Å². The van der Waals surface area contributed by atoms with Crippen molar-refractivity contribution in [1.82, 2.24) is 0 Å². The monoisotopic (exact) mass is 168 g/mol. The van der Waals surface area contributed by atoms with Crippen molar-refractivity contribution in [2.45, 2.75) is 13.3 Å². The number of phenolic OH excluding ortho intramolecular Hbond substituents is 1. The second-order valence-electron chi connectivity index (χ2n) is 2.44. The number of hydrogen-bond acceptors (Lipinski definition) is 2. The van der Waals surface area contributed by atoms with Gasteiger partial charge in [-0.05, 0) is 12.1 Å². The number of rotatable bonds is 2. The molecule has 0 radical (unpaired) electrons. The SMILES string of the molecule is CCC(=O)c1ccc(O)cc1F. The molecule has 1 aromatic carbocycles. The van der Waals surface area contributed by atoms with E-state index in [2.05, 4.69) is 0 Å². The number of carbonyl (C=O) groups is 1. The predicted molar refractivity (Wildman–Crippen MR) is 42.7 cm³/mol. The third-order valence-corrected chi connectivity index (χ3v) is 1.57. The third kappa shape index (κ3) is 1.61. The third-order valence-electron chi connectivity index (χ3n) is 1.57. The van der Waals surface area contributed by atoms with Crippen LogP contribution in [0.1, 0.15) is 23.7 Å².